The summed E-state index contributed by atoms with van der Waals surface area (Å²) in [5, 5.41) is 7.27. The van der Waals surface area contributed by atoms with Crippen LogP contribution in [0.25, 0.3) is 17.3 Å². The number of sulfone groups is 1. The summed E-state index contributed by atoms with van der Waals surface area (Å²) in [5.41, 5.74) is 5.26. The number of benzene rings is 1. The van der Waals surface area contributed by atoms with Gasteiger partial charge in [0.1, 0.15) is 34.5 Å². The molecule has 0 fully saturated rings. The molecule has 0 saturated carbocycles. The molecule has 0 bridgehead atoms. The number of halogens is 1. The van der Waals surface area contributed by atoms with Crippen molar-refractivity contribution in [2.24, 2.45) is 5.73 Å². The van der Waals surface area contributed by atoms with Crippen molar-refractivity contribution in [3.63, 3.8) is 0 Å². The van der Waals surface area contributed by atoms with Gasteiger partial charge in [0, 0.05) is 0 Å². The fourth-order valence-electron chi connectivity index (χ4n) is 3.86. The summed E-state index contributed by atoms with van der Waals surface area (Å²) >= 11 is 0. The molecular weight excluding hydrogens is 503 g/mol. The minimum absolute atomic E-state index is 0.00964. The Morgan fingerprint density at radius 2 is 1.73 bits per heavy atom. The largest absolute Gasteiger partial charge is 0.494 e. The second-order valence-corrected chi connectivity index (χ2v) is 11.0. The highest BCUT2D eigenvalue weighted by atomic mass is 32.2. The minimum Gasteiger partial charge on any atom is -0.494 e. The molecule has 0 spiro atoms. The maximum absolute atomic E-state index is 13.7. The second kappa shape index (κ2) is 9.90. The van der Waals surface area contributed by atoms with Gasteiger partial charge in [-0.3, -0.25) is 4.57 Å². The summed E-state index contributed by atoms with van der Waals surface area (Å²) in [6, 6.07) is 8.62. The third kappa shape index (κ3) is 4.91. The molecule has 196 valence electrons. The van der Waals surface area contributed by atoms with Crippen LogP contribution in [0.1, 0.15) is 31.3 Å². The predicted octanol–water partition coefficient (Wildman–Crippen LogP) is 2.96. The predicted molar refractivity (Wildman–Crippen MR) is 133 cm³/mol. The van der Waals surface area contributed by atoms with Gasteiger partial charge in [-0.1, -0.05) is 6.07 Å². The van der Waals surface area contributed by atoms with E-state index < -0.39 is 32.2 Å². The van der Waals surface area contributed by atoms with E-state index in [1.165, 1.54) is 32.6 Å². The van der Waals surface area contributed by atoms with Gasteiger partial charge in [0.15, 0.2) is 27.2 Å². The quantitative estimate of drug-likeness (QED) is 0.342. The molecule has 1 aromatic carbocycles. The van der Waals surface area contributed by atoms with Crippen molar-refractivity contribution in [3.8, 4) is 28.8 Å². The van der Waals surface area contributed by atoms with Gasteiger partial charge < -0.3 is 19.6 Å². The zero-order valence-corrected chi connectivity index (χ0v) is 21.8. The molecule has 0 radical (unpaired) electrons. The Bertz CT molecular complexity index is 1490. The van der Waals surface area contributed by atoms with Gasteiger partial charge in [0.05, 0.1) is 37.4 Å². The molecule has 0 aliphatic rings. The summed E-state index contributed by atoms with van der Waals surface area (Å²) in [7, 11) is -1.02. The van der Waals surface area contributed by atoms with Crippen LogP contribution < -0.4 is 15.2 Å². The van der Waals surface area contributed by atoms with E-state index in [0.29, 0.717) is 28.7 Å². The van der Waals surface area contributed by atoms with Gasteiger partial charge in [-0.2, -0.15) is 0 Å². The van der Waals surface area contributed by atoms with E-state index in [-0.39, 0.29) is 17.5 Å². The number of aromatic nitrogens is 5. The highest BCUT2D eigenvalue weighted by Crippen LogP contribution is 2.37. The van der Waals surface area contributed by atoms with Crippen LogP contribution in [0.5, 0.6) is 11.5 Å². The Hall–Kier alpha value is -3.84. The smallest absolute Gasteiger partial charge is 0.204 e. The number of nitrogens with two attached hydrogens (primary N) is 1. The van der Waals surface area contributed by atoms with Crippen LogP contribution in [0.15, 0.2) is 47.1 Å². The molecule has 2 N–H and O–H groups in total. The molecule has 2 atom stereocenters. The van der Waals surface area contributed by atoms with E-state index in [9.17, 15) is 12.8 Å². The number of aryl methyl sites for hydroxylation is 1. The van der Waals surface area contributed by atoms with E-state index in [1.54, 1.807) is 37.3 Å². The third-order valence-electron chi connectivity index (χ3n) is 6.13. The van der Waals surface area contributed by atoms with Crippen molar-refractivity contribution >= 4 is 9.84 Å². The number of methoxy groups -OCH3 is 2. The second-order valence-electron chi connectivity index (χ2n) is 8.65. The molecule has 4 rings (SSSR count). The minimum atomic E-state index is -4.00. The first kappa shape index (κ1) is 26.2. The maximum atomic E-state index is 13.7. The van der Waals surface area contributed by atoms with Crippen LogP contribution in [-0.4, -0.2) is 52.6 Å². The fraction of sp³-hybridized carbons (Fsp3) is 0.333. The molecule has 0 aliphatic heterocycles. The number of hydrogen-bond acceptors (Lipinski definition) is 10. The molecule has 13 heteroatoms. The van der Waals surface area contributed by atoms with Gasteiger partial charge in [0.2, 0.25) is 5.82 Å². The summed E-state index contributed by atoms with van der Waals surface area (Å²) < 4.78 is 59.1. The average Bonchev–Trinajstić information content (AvgIpc) is 3.48. The van der Waals surface area contributed by atoms with Crippen molar-refractivity contribution in [1.29, 1.82) is 0 Å². The SMILES string of the molecule is COc1cccc(OC)c1-n1c(CS(=O)(=O)[C@H](C)[C@@](C)(N)c2ncc(F)cn2)nnc1-c1ccc(C)o1. The van der Waals surface area contributed by atoms with E-state index in [1.807, 2.05) is 0 Å². The number of nitrogens with zero attached hydrogens (tertiary/aromatic N) is 5. The normalized spacial score (nSPS) is 14.2. The maximum Gasteiger partial charge on any atom is 0.204 e. The first-order valence-electron chi connectivity index (χ1n) is 11.2. The lowest BCUT2D eigenvalue weighted by Crippen LogP contribution is -2.49. The first-order chi connectivity index (χ1) is 17.5. The van der Waals surface area contributed by atoms with Crippen molar-refractivity contribution in [2.75, 3.05) is 14.2 Å². The first-order valence-corrected chi connectivity index (χ1v) is 12.9. The zero-order valence-electron chi connectivity index (χ0n) is 21.0. The standard InChI is InChI=1S/C24H27FN6O5S/c1-14-9-10-19(36-14)22-30-29-20(31(22)21-17(34-4)7-6-8-18(21)35-5)13-37(32,33)15(2)24(3,26)23-27-11-16(25)12-28-23/h6-12,15H,13,26H2,1-5H3/t15-,24-/m1/s1. The summed E-state index contributed by atoms with van der Waals surface area (Å²) in [4.78, 5) is 7.79. The lowest BCUT2D eigenvalue weighted by Gasteiger charge is -2.29. The van der Waals surface area contributed by atoms with E-state index >= 15 is 0 Å². The van der Waals surface area contributed by atoms with Crippen LogP contribution in [0.3, 0.4) is 0 Å². The number of rotatable bonds is 9. The zero-order chi connectivity index (χ0) is 27.0. The van der Waals surface area contributed by atoms with Gasteiger partial charge >= 0.3 is 0 Å². The molecule has 11 nitrogen and oxygen atoms in total. The van der Waals surface area contributed by atoms with Gasteiger partial charge in [-0.15, -0.1) is 10.2 Å². The van der Waals surface area contributed by atoms with Crippen molar-refractivity contribution < 1.29 is 26.7 Å². The molecule has 4 aromatic rings. The fourth-order valence-corrected chi connectivity index (χ4v) is 5.51. The Kier molecular flexibility index (Phi) is 7.02. The lowest BCUT2D eigenvalue weighted by atomic mass is 9.99. The number of furan rings is 1. The van der Waals surface area contributed by atoms with Crippen molar-refractivity contribution in [1.82, 2.24) is 24.7 Å². The van der Waals surface area contributed by atoms with Crippen LogP contribution in [0.4, 0.5) is 4.39 Å². The van der Waals surface area contributed by atoms with Crippen molar-refractivity contribution in [3.05, 3.63) is 66.0 Å². The Morgan fingerprint density at radius 3 is 2.27 bits per heavy atom. The molecular formula is C24H27FN6O5S. The van der Waals surface area contributed by atoms with Gasteiger partial charge in [0.25, 0.3) is 0 Å². The molecule has 37 heavy (non-hydrogen) atoms. The summed E-state index contributed by atoms with van der Waals surface area (Å²) in [5.74, 6) is 0.934. The molecule has 3 aromatic heterocycles. The van der Waals surface area contributed by atoms with Crippen LogP contribution in [0, 0.1) is 12.7 Å². The highest BCUT2D eigenvalue weighted by Gasteiger charge is 2.41. The number of hydrogen-bond donors (Lipinski definition) is 1. The summed E-state index contributed by atoms with van der Waals surface area (Å²) in [6.07, 6.45) is 1.88. The lowest BCUT2D eigenvalue weighted by molar-refractivity contribution is 0.390. The number of ether oxygens (including phenoxy) is 2. The molecule has 3 heterocycles. The molecule has 0 saturated heterocycles. The third-order valence-corrected chi connectivity index (χ3v) is 8.36. The van der Waals surface area contributed by atoms with Gasteiger partial charge in [-0.25, -0.2) is 22.8 Å². The molecule has 0 aliphatic carbocycles. The van der Waals surface area contributed by atoms with Crippen molar-refractivity contribution in [2.45, 2.75) is 37.3 Å². The van der Waals surface area contributed by atoms with Crippen LogP contribution >= 0.6 is 0 Å². The molecule has 0 unspecified atom stereocenters. The summed E-state index contributed by atoms with van der Waals surface area (Å²) in [6.45, 7) is 4.71. The monoisotopic (exact) mass is 530 g/mol. The Morgan fingerprint density at radius 1 is 1.11 bits per heavy atom. The Balaban J connectivity index is 1.84. The Labute approximate surface area is 213 Å². The van der Waals surface area contributed by atoms with E-state index in [4.69, 9.17) is 19.6 Å². The van der Waals surface area contributed by atoms with Crippen LogP contribution in [-0.2, 0) is 21.1 Å². The van der Waals surface area contributed by atoms with E-state index in [0.717, 1.165) is 12.4 Å². The number of para-hydroxylation sites is 1. The topological polar surface area (TPSA) is 148 Å². The van der Waals surface area contributed by atoms with Crippen LogP contribution in [0.2, 0.25) is 0 Å². The van der Waals surface area contributed by atoms with Gasteiger partial charge in [-0.05, 0) is 45.0 Å². The average molecular weight is 531 g/mol. The highest BCUT2D eigenvalue weighted by molar-refractivity contribution is 7.91. The van der Waals surface area contributed by atoms with E-state index in [2.05, 4.69) is 20.2 Å². The molecule has 0 amide bonds.